The molecule has 0 atom stereocenters. The average Bonchev–Trinajstić information content (AvgIpc) is 2.18. The monoisotopic (exact) mass is 188 g/mol. The summed E-state index contributed by atoms with van der Waals surface area (Å²) in [6.07, 6.45) is 5.56. The van der Waals surface area contributed by atoms with Gasteiger partial charge in [0.1, 0.15) is 5.78 Å². The third kappa shape index (κ3) is 1.87. The first kappa shape index (κ1) is 9.45. The van der Waals surface area contributed by atoms with Gasteiger partial charge < -0.3 is 0 Å². The molecule has 1 aromatic carbocycles. The van der Waals surface area contributed by atoms with Crippen LogP contribution in [0.1, 0.15) is 36.5 Å². The van der Waals surface area contributed by atoms with E-state index >= 15 is 0 Å². The smallest absolute Gasteiger partial charge is 0.134 e. The van der Waals surface area contributed by atoms with E-state index in [2.05, 4.69) is 18.2 Å². The number of benzene rings is 1. The zero-order valence-electron chi connectivity index (χ0n) is 8.68. The van der Waals surface area contributed by atoms with Gasteiger partial charge in [-0.25, -0.2) is 0 Å². The van der Waals surface area contributed by atoms with Crippen LogP contribution in [-0.2, 0) is 24.1 Å². The van der Waals surface area contributed by atoms with Gasteiger partial charge in [-0.2, -0.15) is 0 Å². The fourth-order valence-electron chi connectivity index (χ4n) is 2.29. The Morgan fingerprint density at radius 2 is 2.07 bits per heavy atom. The topological polar surface area (TPSA) is 17.1 Å². The molecule has 0 aliphatic heterocycles. The molecular weight excluding hydrogens is 172 g/mol. The van der Waals surface area contributed by atoms with Crippen molar-refractivity contribution in [3.8, 4) is 0 Å². The largest absolute Gasteiger partial charge is 0.300 e. The molecule has 1 heteroatoms. The molecular formula is C13H16O. The van der Waals surface area contributed by atoms with Crippen LogP contribution in [0.3, 0.4) is 0 Å². The highest BCUT2D eigenvalue weighted by atomic mass is 16.1. The van der Waals surface area contributed by atoms with E-state index in [9.17, 15) is 4.79 Å². The van der Waals surface area contributed by atoms with Crippen molar-refractivity contribution < 1.29 is 4.79 Å². The Kier molecular flexibility index (Phi) is 2.67. The molecule has 14 heavy (non-hydrogen) atoms. The fraction of sp³-hybridized carbons (Fsp3) is 0.462. The van der Waals surface area contributed by atoms with Crippen molar-refractivity contribution in [2.45, 2.75) is 39.0 Å². The molecule has 0 radical (unpaired) electrons. The SMILES string of the molecule is CC(=O)Cc1cccc2c1CCCC2. The summed E-state index contributed by atoms with van der Waals surface area (Å²) in [6, 6.07) is 6.39. The number of carbonyl (C=O) groups excluding carboxylic acids is 1. The van der Waals surface area contributed by atoms with Crippen LogP contribution in [0.5, 0.6) is 0 Å². The average molecular weight is 188 g/mol. The summed E-state index contributed by atoms with van der Waals surface area (Å²) in [7, 11) is 0. The number of hydrogen-bond acceptors (Lipinski definition) is 1. The standard InChI is InChI=1S/C13H16O/c1-10(14)9-12-7-4-6-11-5-2-3-8-13(11)12/h4,6-7H,2-3,5,8-9H2,1H3. The summed E-state index contributed by atoms with van der Waals surface area (Å²) in [4.78, 5) is 11.1. The Labute approximate surface area is 85.1 Å². The second-order valence-electron chi connectivity index (χ2n) is 4.14. The number of Topliss-reactive ketones (excluding diaryl/α,β-unsaturated/α-hetero) is 1. The summed E-state index contributed by atoms with van der Waals surface area (Å²) in [5, 5.41) is 0. The molecule has 0 fully saturated rings. The minimum Gasteiger partial charge on any atom is -0.300 e. The predicted octanol–water partition coefficient (Wildman–Crippen LogP) is 2.70. The van der Waals surface area contributed by atoms with Gasteiger partial charge in [0.25, 0.3) is 0 Å². The van der Waals surface area contributed by atoms with Crippen LogP contribution in [0.4, 0.5) is 0 Å². The van der Waals surface area contributed by atoms with Gasteiger partial charge >= 0.3 is 0 Å². The first-order valence-electron chi connectivity index (χ1n) is 5.36. The van der Waals surface area contributed by atoms with E-state index in [0.29, 0.717) is 6.42 Å². The van der Waals surface area contributed by atoms with Gasteiger partial charge in [0.15, 0.2) is 0 Å². The van der Waals surface area contributed by atoms with Crippen molar-refractivity contribution in [1.82, 2.24) is 0 Å². The Morgan fingerprint density at radius 1 is 1.29 bits per heavy atom. The van der Waals surface area contributed by atoms with Crippen LogP contribution < -0.4 is 0 Å². The molecule has 1 aliphatic rings. The van der Waals surface area contributed by atoms with E-state index in [1.165, 1.54) is 42.4 Å². The Morgan fingerprint density at radius 3 is 2.86 bits per heavy atom. The quantitative estimate of drug-likeness (QED) is 0.697. The van der Waals surface area contributed by atoms with Crippen LogP contribution in [-0.4, -0.2) is 5.78 Å². The molecule has 0 N–H and O–H groups in total. The molecule has 0 unspecified atom stereocenters. The van der Waals surface area contributed by atoms with Gasteiger partial charge in [-0.05, 0) is 49.3 Å². The molecule has 1 aromatic rings. The summed E-state index contributed by atoms with van der Waals surface area (Å²) in [5.41, 5.74) is 4.18. The lowest BCUT2D eigenvalue weighted by Crippen LogP contribution is -2.08. The first-order valence-corrected chi connectivity index (χ1v) is 5.36. The molecule has 0 spiro atoms. The maximum absolute atomic E-state index is 11.1. The zero-order chi connectivity index (χ0) is 9.97. The van der Waals surface area contributed by atoms with Crippen LogP contribution in [0.15, 0.2) is 18.2 Å². The van der Waals surface area contributed by atoms with Gasteiger partial charge in [-0.15, -0.1) is 0 Å². The summed E-state index contributed by atoms with van der Waals surface area (Å²) >= 11 is 0. The maximum Gasteiger partial charge on any atom is 0.134 e. The van der Waals surface area contributed by atoms with Crippen molar-refractivity contribution in [3.05, 3.63) is 34.9 Å². The Bertz CT molecular complexity index is 352. The molecule has 0 amide bonds. The molecule has 0 heterocycles. The molecule has 0 saturated heterocycles. The van der Waals surface area contributed by atoms with Gasteiger partial charge in [0, 0.05) is 6.42 Å². The Hall–Kier alpha value is -1.11. The molecule has 0 aromatic heterocycles. The lowest BCUT2D eigenvalue weighted by atomic mass is 9.87. The van der Waals surface area contributed by atoms with Crippen molar-refractivity contribution in [1.29, 1.82) is 0 Å². The molecule has 74 valence electrons. The third-order valence-electron chi connectivity index (χ3n) is 2.93. The predicted molar refractivity (Wildman–Crippen MR) is 57.5 cm³/mol. The lowest BCUT2D eigenvalue weighted by Gasteiger charge is -2.18. The van der Waals surface area contributed by atoms with Crippen LogP contribution in [0.25, 0.3) is 0 Å². The number of ketones is 1. The highest BCUT2D eigenvalue weighted by molar-refractivity contribution is 5.78. The van der Waals surface area contributed by atoms with E-state index < -0.39 is 0 Å². The van der Waals surface area contributed by atoms with Gasteiger partial charge in [0.2, 0.25) is 0 Å². The van der Waals surface area contributed by atoms with Crippen LogP contribution in [0, 0.1) is 0 Å². The van der Waals surface area contributed by atoms with E-state index in [4.69, 9.17) is 0 Å². The van der Waals surface area contributed by atoms with Crippen LogP contribution in [0.2, 0.25) is 0 Å². The number of fused-ring (bicyclic) bond motifs is 1. The van der Waals surface area contributed by atoms with Crippen molar-refractivity contribution in [2.75, 3.05) is 0 Å². The second-order valence-corrected chi connectivity index (χ2v) is 4.14. The lowest BCUT2D eigenvalue weighted by molar-refractivity contribution is -0.116. The highest BCUT2D eigenvalue weighted by Crippen LogP contribution is 2.24. The van der Waals surface area contributed by atoms with E-state index in [1.54, 1.807) is 6.92 Å². The minimum absolute atomic E-state index is 0.268. The first-order chi connectivity index (χ1) is 6.77. The summed E-state index contributed by atoms with van der Waals surface area (Å²) < 4.78 is 0. The van der Waals surface area contributed by atoms with Crippen molar-refractivity contribution >= 4 is 5.78 Å². The normalized spacial score (nSPS) is 14.9. The summed E-state index contributed by atoms with van der Waals surface area (Å²) in [6.45, 7) is 1.67. The van der Waals surface area contributed by atoms with Gasteiger partial charge in [-0.1, -0.05) is 18.2 Å². The van der Waals surface area contributed by atoms with Crippen LogP contribution >= 0.6 is 0 Å². The number of carbonyl (C=O) groups is 1. The van der Waals surface area contributed by atoms with Gasteiger partial charge in [0.05, 0.1) is 0 Å². The fourth-order valence-corrected chi connectivity index (χ4v) is 2.29. The van der Waals surface area contributed by atoms with Gasteiger partial charge in [-0.3, -0.25) is 4.79 Å². The summed E-state index contributed by atoms with van der Waals surface area (Å²) in [5.74, 6) is 0.268. The number of hydrogen-bond donors (Lipinski definition) is 0. The van der Waals surface area contributed by atoms with Crippen molar-refractivity contribution in [2.24, 2.45) is 0 Å². The van der Waals surface area contributed by atoms with E-state index in [1.807, 2.05) is 0 Å². The number of rotatable bonds is 2. The zero-order valence-corrected chi connectivity index (χ0v) is 8.68. The highest BCUT2D eigenvalue weighted by Gasteiger charge is 2.13. The molecule has 0 bridgehead atoms. The number of aryl methyl sites for hydroxylation is 1. The minimum atomic E-state index is 0.268. The third-order valence-corrected chi connectivity index (χ3v) is 2.93. The molecule has 2 rings (SSSR count). The van der Waals surface area contributed by atoms with E-state index in [-0.39, 0.29) is 5.78 Å². The molecule has 1 nitrogen and oxygen atoms in total. The van der Waals surface area contributed by atoms with Crippen molar-refractivity contribution in [3.63, 3.8) is 0 Å². The molecule has 1 aliphatic carbocycles. The molecule has 0 saturated carbocycles. The Balaban J connectivity index is 2.35. The van der Waals surface area contributed by atoms with E-state index in [0.717, 1.165) is 0 Å². The maximum atomic E-state index is 11.1. The second kappa shape index (κ2) is 3.95.